The Hall–Kier alpha value is -2.99. The molecule has 4 atom stereocenters. The summed E-state index contributed by atoms with van der Waals surface area (Å²) in [6.07, 6.45) is 5.31. The minimum atomic E-state index is -0.718. The number of pyridine rings is 1. The molecule has 31 heavy (non-hydrogen) atoms. The summed E-state index contributed by atoms with van der Waals surface area (Å²) >= 11 is 0. The summed E-state index contributed by atoms with van der Waals surface area (Å²) in [6, 6.07) is 13.8. The van der Waals surface area contributed by atoms with E-state index in [1.54, 1.807) is 23.0 Å². The van der Waals surface area contributed by atoms with Gasteiger partial charge >= 0.3 is 0 Å². The van der Waals surface area contributed by atoms with E-state index in [4.69, 9.17) is 4.74 Å². The molecule has 4 heterocycles. The maximum absolute atomic E-state index is 13.5. The van der Waals surface area contributed by atoms with Crippen LogP contribution in [0.25, 0.3) is 0 Å². The van der Waals surface area contributed by atoms with Crippen LogP contribution in [0, 0.1) is 11.8 Å². The highest BCUT2D eigenvalue weighted by Crippen LogP contribution is 2.53. The van der Waals surface area contributed by atoms with Gasteiger partial charge in [0.15, 0.2) is 0 Å². The Kier molecular flexibility index (Phi) is 4.70. The molecule has 0 saturated carbocycles. The van der Waals surface area contributed by atoms with E-state index in [2.05, 4.69) is 31.0 Å². The second-order valence-corrected chi connectivity index (χ2v) is 9.09. The van der Waals surface area contributed by atoms with E-state index in [0.29, 0.717) is 19.0 Å². The third kappa shape index (κ3) is 3.17. The molecular weight excluding hydrogens is 390 g/mol. The molecule has 1 aromatic carbocycles. The van der Waals surface area contributed by atoms with Crippen molar-refractivity contribution in [2.24, 2.45) is 11.8 Å². The number of benzene rings is 1. The van der Waals surface area contributed by atoms with E-state index in [-0.39, 0.29) is 17.9 Å². The molecule has 2 aromatic rings. The van der Waals surface area contributed by atoms with Gasteiger partial charge in [-0.3, -0.25) is 14.6 Å². The third-order valence-electron chi connectivity index (χ3n) is 6.76. The molecule has 2 saturated heterocycles. The van der Waals surface area contributed by atoms with Crippen LogP contribution in [0.2, 0.25) is 0 Å². The fourth-order valence-corrected chi connectivity index (χ4v) is 5.10. The first-order chi connectivity index (χ1) is 14.9. The van der Waals surface area contributed by atoms with Gasteiger partial charge in [0.2, 0.25) is 11.8 Å². The second kappa shape index (κ2) is 7.31. The smallest absolute Gasteiger partial charge is 0.234 e. The van der Waals surface area contributed by atoms with Gasteiger partial charge in [-0.15, -0.1) is 0 Å². The third-order valence-corrected chi connectivity index (χ3v) is 6.76. The Morgan fingerprint density at radius 3 is 2.71 bits per heavy atom. The normalized spacial score (nSPS) is 28.5. The van der Waals surface area contributed by atoms with Gasteiger partial charge in [0.05, 0.1) is 36.7 Å². The lowest BCUT2D eigenvalue weighted by Gasteiger charge is -2.27. The summed E-state index contributed by atoms with van der Waals surface area (Å²) in [6.45, 7) is 5.14. The molecule has 2 bridgehead atoms. The minimum absolute atomic E-state index is 0.0336. The number of aromatic nitrogens is 1. The number of anilines is 1. The van der Waals surface area contributed by atoms with Crippen LogP contribution < -0.4 is 4.90 Å². The van der Waals surface area contributed by atoms with Gasteiger partial charge in [0.25, 0.3) is 0 Å². The highest BCUT2D eigenvalue weighted by atomic mass is 16.5. The molecule has 6 heteroatoms. The summed E-state index contributed by atoms with van der Waals surface area (Å²) in [5.41, 5.74) is 2.18. The van der Waals surface area contributed by atoms with Gasteiger partial charge in [0, 0.05) is 18.9 Å². The molecule has 0 N–H and O–H groups in total. The molecular formula is C25H27N3O3. The molecule has 2 fully saturated rings. The maximum Gasteiger partial charge on any atom is 0.234 e. The molecule has 0 aliphatic carbocycles. The number of hydrogen-bond donors (Lipinski definition) is 0. The van der Waals surface area contributed by atoms with Gasteiger partial charge in [0.1, 0.15) is 5.60 Å². The van der Waals surface area contributed by atoms with Gasteiger partial charge in [-0.05, 0) is 35.7 Å². The van der Waals surface area contributed by atoms with E-state index in [9.17, 15) is 9.59 Å². The monoisotopic (exact) mass is 417 g/mol. The fourth-order valence-electron chi connectivity index (χ4n) is 5.10. The van der Waals surface area contributed by atoms with Crippen molar-refractivity contribution in [3.8, 4) is 0 Å². The summed E-state index contributed by atoms with van der Waals surface area (Å²) in [5.74, 6) is -0.678. The molecule has 160 valence electrons. The number of fused-ring (bicyclic) bond motifs is 1. The highest BCUT2D eigenvalue weighted by Gasteiger charge is 2.67. The first-order valence-electron chi connectivity index (χ1n) is 10.8. The average Bonchev–Trinajstić information content (AvgIpc) is 3.42. The van der Waals surface area contributed by atoms with Crippen molar-refractivity contribution in [3.05, 3.63) is 72.1 Å². The van der Waals surface area contributed by atoms with Crippen molar-refractivity contribution in [2.75, 3.05) is 18.5 Å². The zero-order valence-electron chi connectivity index (χ0n) is 18.1. The van der Waals surface area contributed by atoms with E-state index in [1.165, 1.54) is 5.56 Å². The number of amides is 2. The number of ether oxygens (including phenoxy) is 1. The molecule has 3 aliphatic rings. The van der Waals surface area contributed by atoms with Crippen molar-refractivity contribution in [2.45, 2.75) is 38.0 Å². The van der Waals surface area contributed by atoms with Crippen LogP contribution in [-0.4, -0.2) is 47.0 Å². The maximum atomic E-state index is 13.5. The van der Waals surface area contributed by atoms with Crippen molar-refractivity contribution in [1.29, 1.82) is 0 Å². The van der Waals surface area contributed by atoms with Gasteiger partial charge in [-0.2, -0.15) is 0 Å². The minimum Gasteiger partial charge on any atom is -0.360 e. The Morgan fingerprint density at radius 2 is 2.03 bits per heavy atom. The van der Waals surface area contributed by atoms with Crippen LogP contribution >= 0.6 is 0 Å². The number of rotatable bonds is 5. The van der Waals surface area contributed by atoms with Crippen LogP contribution in [-0.2, 0) is 20.9 Å². The Morgan fingerprint density at radius 1 is 1.26 bits per heavy atom. The zero-order valence-corrected chi connectivity index (χ0v) is 18.1. The van der Waals surface area contributed by atoms with Gasteiger partial charge < -0.3 is 14.5 Å². The quantitative estimate of drug-likeness (QED) is 0.701. The second-order valence-electron chi connectivity index (χ2n) is 9.09. The molecule has 6 nitrogen and oxygen atoms in total. The first kappa shape index (κ1) is 19.9. The molecule has 5 rings (SSSR count). The summed E-state index contributed by atoms with van der Waals surface area (Å²) in [5, 5.41) is 0. The van der Waals surface area contributed by atoms with Gasteiger partial charge in [-0.1, -0.05) is 44.2 Å². The van der Waals surface area contributed by atoms with E-state index in [0.717, 1.165) is 11.4 Å². The van der Waals surface area contributed by atoms with Crippen LogP contribution in [0.1, 0.15) is 31.0 Å². The SMILES string of the molecule is CC(C)c1ccc(N2C[C@]34C=C[C@H](O3)[C@@H](C(=O)N(C)Cc3ccccn3)[C@@H]4C2=O)cc1. The molecule has 3 aliphatic heterocycles. The van der Waals surface area contributed by atoms with Crippen LogP contribution in [0.5, 0.6) is 0 Å². The van der Waals surface area contributed by atoms with Gasteiger partial charge in [-0.25, -0.2) is 0 Å². The van der Waals surface area contributed by atoms with Crippen LogP contribution in [0.3, 0.4) is 0 Å². The lowest BCUT2D eigenvalue weighted by atomic mass is 9.76. The molecule has 2 amide bonds. The lowest BCUT2D eigenvalue weighted by Crippen LogP contribution is -2.44. The Bertz CT molecular complexity index is 1030. The predicted octanol–water partition coefficient (Wildman–Crippen LogP) is 3.15. The number of nitrogens with zero attached hydrogens (tertiary/aromatic N) is 3. The molecule has 0 radical (unpaired) electrons. The molecule has 1 aromatic heterocycles. The summed E-state index contributed by atoms with van der Waals surface area (Å²) in [4.78, 5) is 34.7. The molecule has 1 spiro atoms. The van der Waals surface area contributed by atoms with Crippen molar-refractivity contribution in [3.63, 3.8) is 0 Å². The first-order valence-corrected chi connectivity index (χ1v) is 10.8. The highest BCUT2D eigenvalue weighted by molar-refractivity contribution is 6.03. The van der Waals surface area contributed by atoms with E-state index < -0.39 is 17.4 Å². The lowest BCUT2D eigenvalue weighted by molar-refractivity contribution is -0.139. The number of hydrogen-bond acceptors (Lipinski definition) is 4. The summed E-state index contributed by atoms with van der Waals surface area (Å²) < 4.78 is 6.27. The van der Waals surface area contributed by atoms with E-state index in [1.807, 2.05) is 42.5 Å². The van der Waals surface area contributed by atoms with Crippen molar-refractivity contribution < 1.29 is 14.3 Å². The Labute approximate surface area is 182 Å². The van der Waals surface area contributed by atoms with Crippen LogP contribution in [0.15, 0.2) is 60.8 Å². The topological polar surface area (TPSA) is 62.7 Å². The Balaban J connectivity index is 1.39. The van der Waals surface area contributed by atoms with Crippen molar-refractivity contribution >= 4 is 17.5 Å². The fraction of sp³-hybridized carbons (Fsp3) is 0.400. The number of carbonyl (C=O) groups is 2. The standard InChI is InChI=1S/C25H27N3O3/c1-16(2)17-7-9-19(10-8-17)28-15-25-12-11-20(31-25)21(22(25)24(28)30)23(29)27(3)14-18-6-4-5-13-26-18/h4-13,16,20-22H,14-15H2,1-3H3/t20-,21+,22+,25-/m0/s1. The van der Waals surface area contributed by atoms with E-state index >= 15 is 0 Å². The van der Waals surface area contributed by atoms with Crippen molar-refractivity contribution in [1.82, 2.24) is 9.88 Å². The predicted molar refractivity (Wildman–Crippen MR) is 117 cm³/mol. The largest absolute Gasteiger partial charge is 0.360 e. The summed E-state index contributed by atoms with van der Waals surface area (Å²) in [7, 11) is 1.77. The van der Waals surface area contributed by atoms with Crippen LogP contribution in [0.4, 0.5) is 5.69 Å². The molecule has 0 unspecified atom stereocenters. The zero-order chi connectivity index (χ0) is 21.8. The number of carbonyl (C=O) groups excluding carboxylic acids is 2. The average molecular weight is 418 g/mol.